The van der Waals surface area contributed by atoms with Crippen molar-refractivity contribution < 1.29 is 55.5 Å². The van der Waals surface area contributed by atoms with Gasteiger partial charge < -0.3 is 35.9 Å². The van der Waals surface area contributed by atoms with E-state index in [2.05, 4.69) is 4.18 Å². The number of hydrogen-bond donors (Lipinski definition) is 5. The van der Waals surface area contributed by atoms with Crippen LogP contribution >= 0.6 is 0 Å². The molecule has 17 heteroatoms. The van der Waals surface area contributed by atoms with Crippen LogP contribution in [0.15, 0.2) is 23.0 Å². The van der Waals surface area contributed by atoms with Gasteiger partial charge in [0.2, 0.25) is 5.78 Å². The number of likely N-dealkylation sites (N-methyl/N-ethyl adjacent to an activating group) is 1. The zero-order valence-corrected chi connectivity index (χ0v) is 22.9. The van der Waals surface area contributed by atoms with Crippen molar-refractivity contribution in [2.45, 2.75) is 30.0 Å². The molecule has 0 aromatic heterocycles. The maximum Gasteiger partial charge on any atom is 0.534 e. The average molecular weight is 605 g/mol. The third-order valence-electron chi connectivity index (χ3n) is 7.66. The first kappa shape index (κ1) is 30.1. The van der Waals surface area contributed by atoms with Crippen molar-refractivity contribution in [3.05, 3.63) is 34.1 Å². The van der Waals surface area contributed by atoms with E-state index in [0.717, 1.165) is 6.07 Å². The first-order chi connectivity index (χ1) is 18.7. The number of halogens is 3. The summed E-state index contributed by atoms with van der Waals surface area (Å²) in [5.74, 6) is -9.54. The summed E-state index contributed by atoms with van der Waals surface area (Å²) in [6.07, 6.45) is -0.440. The SMILES string of the molecule is CN(C)c1cc(N)c(OS(=O)(=O)C(F)(F)F)c2c1CC1CC3C(N(C)C)C(=O)C(C(N)=O)=C(O)[C@@]3(O)C(=O)C1=C2O. The van der Waals surface area contributed by atoms with Gasteiger partial charge in [-0.1, -0.05) is 0 Å². The summed E-state index contributed by atoms with van der Waals surface area (Å²) in [6.45, 7) is 0. The predicted octanol–water partition coefficient (Wildman–Crippen LogP) is 0.135. The number of primary amides is 1. The zero-order chi connectivity index (χ0) is 31.1. The van der Waals surface area contributed by atoms with Crippen LogP contribution in [-0.4, -0.2) is 91.5 Å². The van der Waals surface area contributed by atoms with Crippen molar-refractivity contribution in [3.8, 4) is 5.75 Å². The van der Waals surface area contributed by atoms with E-state index in [9.17, 15) is 51.3 Å². The van der Waals surface area contributed by atoms with E-state index >= 15 is 0 Å². The molecule has 1 aromatic rings. The molecule has 41 heavy (non-hydrogen) atoms. The second kappa shape index (κ2) is 9.35. The normalized spacial score (nSPS) is 26.5. The monoisotopic (exact) mass is 604 g/mol. The fraction of sp³-hybridized carbons (Fsp3) is 0.458. The minimum absolute atomic E-state index is 0.0715. The van der Waals surface area contributed by atoms with Crippen LogP contribution in [0.1, 0.15) is 17.5 Å². The molecule has 4 rings (SSSR count). The fourth-order valence-corrected chi connectivity index (χ4v) is 6.44. The van der Waals surface area contributed by atoms with Crippen LogP contribution in [0.4, 0.5) is 24.5 Å². The summed E-state index contributed by atoms with van der Waals surface area (Å²) >= 11 is 0. The number of ketones is 2. The van der Waals surface area contributed by atoms with Gasteiger partial charge in [0.15, 0.2) is 17.1 Å². The molecule has 1 amide bonds. The Balaban J connectivity index is 2.04. The van der Waals surface area contributed by atoms with Gasteiger partial charge in [-0.3, -0.25) is 19.3 Å². The third kappa shape index (κ3) is 4.21. The van der Waals surface area contributed by atoms with Crippen molar-refractivity contribution in [2.24, 2.45) is 17.6 Å². The molecule has 4 atom stereocenters. The van der Waals surface area contributed by atoms with Crippen molar-refractivity contribution in [1.29, 1.82) is 0 Å². The number of aliphatic hydroxyl groups excluding tert-OH is 2. The van der Waals surface area contributed by atoms with Gasteiger partial charge in [-0.2, -0.15) is 21.6 Å². The summed E-state index contributed by atoms with van der Waals surface area (Å²) in [4.78, 5) is 42.0. The highest BCUT2D eigenvalue weighted by Crippen LogP contribution is 2.54. The van der Waals surface area contributed by atoms with E-state index < -0.39 is 96.2 Å². The maximum absolute atomic E-state index is 13.9. The van der Waals surface area contributed by atoms with Crippen molar-refractivity contribution >= 4 is 44.7 Å². The van der Waals surface area contributed by atoms with Gasteiger partial charge in [-0.25, -0.2) is 0 Å². The van der Waals surface area contributed by atoms with Crippen LogP contribution in [-0.2, 0) is 30.9 Å². The molecule has 1 fully saturated rings. The Bertz CT molecular complexity index is 1570. The lowest BCUT2D eigenvalue weighted by atomic mass is 9.57. The largest absolute Gasteiger partial charge is 0.534 e. The number of carbonyl (C=O) groups excluding carboxylic acids is 3. The number of rotatable bonds is 5. The second-order valence-corrected chi connectivity index (χ2v) is 12.0. The van der Waals surface area contributed by atoms with Gasteiger partial charge in [0.1, 0.15) is 17.1 Å². The molecule has 0 heterocycles. The number of fused-ring (bicyclic) bond motifs is 3. The summed E-state index contributed by atoms with van der Waals surface area (Å²) in [7, 11) is -0.336. The number of nitrogens with two attached hydrogens (primary N) is 2. The first-order valence-corrected chi connectivity index (χ1v) is 13.4. The van der Waals surface area contributed by atoms with Gasteiger partial charge >= 0.3 is 15.6 Å². The van der Waals surface area contributed by atoms with E-state index in [1.165, 1.54) is 23.9 Å². The fourth-order valence-electron chi connectivity index (χ4n) is 5.94. The van der Waals surface area contributed by atoms with E-state index in [-0.39, 0.29) is 24.1 Å². The first-order valence-electron chi connectivity index (χ1n) is 12.0. The molecule has 224 valence electrons. The molecular weight excluding hydrogens is 577 g/mol. The van der Waals surface area contributed by atoms with E-state index in [0.29, 0.717) is 0 Å². The van der Waals surface area contributed by atoms with Crippen molar-refractivity contribution in [3.63, 3.8) is 0 Å². The van der Waals surface area contributed by atoms with Crippen LogP contribution in [0.25, 0.3) is 5.76 Å². The molecule has 0 radical (unpaired) electrons. The van der Waals surface area contributed by atoms with Gasteiger partial charge in [0, 0.05) is 31.3 Å². The van der Waals surface area contributed by atoms with Crippen LogP contribution in [0.3, 0.4) is 0 Å². The summed E-state index contributed by atoms with van der Waals surface area (Å²) in [5.41, 5.74) is -0.235. The lowest BCUT2D eigenvalue weighted by Crippen LogP contribution is -2.65. The smallest absolute Gasteiger partial charge is 0.508 e. The number of aliphatic hydroxyl groups is 3. The molecule has 1 saturated carbocycles. The Morgan fingerprint density at radius 1 is 1.17 bits per heavy atom. The molecule has 3 aliphatic rings. The molecule has 0 saturated heterocycles. The number of nitrogens with zero attached hydrogens (tertiary/aromatic N) is 2. The minimum atomic E-state index is -6.29. The highest BCUT2D eigenvalue weighted by Gasteiger charge is 2.64. The van der Waals surface area contributed by atoms with Crippen LogP contribution in [0, 0.1) is 11.8 Å². The highest BCUT2D eigenvalue weighted by atomic mass is 32.2. The van der Waals surface area contributed by atoms with Gasteiger partial charge in [-0.05, 0) is 44.5 Å². The van der Waals surface area contributed by atoms with Gasteiger partial charge in [-0.15, -0.1) is 0 Å². The van der Waals surface area contributed by atoms with E-state index in [4.69, 9.17) is 11.5 Å². The number of benzene rings is 1. The number of Topliss-reactive ketones (excluding diaryl/α,β-unsaturated/α-hetero) is 2. The Morgan fingerprint density at radius 3 is 2.24 bits per heavy atom. The Labute approximate surface area is 231 Å². The molecule has 3 aliphatic carbocycles. The molecule has 0 aliphatic heterocycles. The number of alkyl halides is 3. The van der Waals surface area contributed by atoms with Crippen molar-refractivity contribution in [2.75, 3.05) is 38.8 Å². The number of hydrogen-bond acceptors (Lipinski definition) is 12. The Kier molecular flexibility index (Phi) is 6.87. The van der Waals surface area contributed by atoms with Crippen molar-refractivity contribution in [1.82, 2.24) is 4.90 Å². The van der Waals surface area contributed by atoms with E-state index in [1.807, 2.05) is 0 Å². The number of anilines is 2. The zero-order valence-electron chi connectivity index (χ0n) is 22.1. The summed E-state index contributed by atoms with van der Waals surface area (Å²) < 4.78 is 67.8. The maximum atomic E-state index is 13.9. The minimum Gasteiger partial charge on any atom is -0.508 e. The quantitative estimate of drug-likeness (QED) is 0.131. The van der Waals surface area contributed by atoms with E-state index in [1.54, 1.807) is 14.1 Å². The Hall–Kier alpha value is -3.83. The molecule has 1 aromatic carbocycles. The molecular formula is C24H27F3N4O9S. The average Bonchev–Trinajstić information content (AvgIpc) is 2.81. The number of amides is 1. The van der Waals surface area contributed by atoms with Crippen LogP contribution < -0.4 is 20.6 Å². The molecule has 0 bridgehead atoms. The molecule has 0 spiro atoms. The number of carbonyl (C=O) groups is 3. The lowest BCUT2D eigenvalue weighted by Gasteiger charge is -2.50. The number of nitrogen functional groups attached to an aromatic ring is 1. The predicted molar refractivity (Wildman–Crippen MR) is 137 cm³/mol. The highest BCUT2D eigenvalue weighted by molar-refractivity contribution is 7.88. The van der Waals surface area contributed by atoms with Crippen LogP contribution in [0.2, 0.25) is 0 Å². The molecule has 13 nitrogen and oxygen atoms in total. The lowest BCUT2D eigenvalue weighted by molar-refractivity contribution is -0.153. The van der Waals surface area contributed by atoms with Gasteiger partial charge in [0.05, 0.1) is 17.3 Å². The third-order valence-corrected chi connectivity index (χ3v) is 8.62. The molecule has 7 N–H and O–H groups in total. The summed E-state index contributed by atoms with van der Waals surface area (Å²) in [6, 6.07) is -0.178. The van der Waals surface area contributed by atoms with Crippen LogP contribution in [0.5, 0.6) is 5.75 Å². The topological polar surface area (TPSA) is 214 Å². The summed E-state index contributed by atoms with van der Waals surface area (Å²) in [5, 5.41) is 33.9. The standard InChI is InChI=1S/C24H27F3N4O9S/c1-30(2)12-7-11(28)19(40-41(38,39)24(25,26)27)14-9(12)5-8-6-10-16(31(3)4)18(33)15(22(29)36)21(35)23(10,37)20(34)13(8)17(14)32/h7-8,10,16,32,35,37H,5-6,28H2,1-4H3,(H2,29,36)/t8?,10?,16?,23-/m0/s1. The Morgan fingerprint density at radius 2 is 1.76 bits per heavy atom. The second-order valence-electron chi connectivity index (χ2n) is 10.5. The van der Waals surface area contributed by atoms with Gasteiger partial charge in [0.25, 0.3) is 5.91 Å². The molecule has 3 unspecified atom stereocenters.